The first kappa shape index (κ1) is 30.2. The summed E-state index contributed by atoms with van der Waals surface area (Å²) < 4.78 is 40.1. The number of ether oxygens (including phenoxy) is 2. The molecule has 1 aliphatic rings. The summed E-state index contributed by atoms with van der Waals surface area (Å²) in [6, 6.07) is 10.6. The number of aromatic nitrogens is 3. The minimum Gasteiger partial charge on any atom is -0.461 e. The number of hydrogen-bond acceptors (Lipinski definition) is 14. The van der Waals surface area contributed by atoms with Crippen LogP contribution < -0.4 is 15.0 Å². The summed E-state index contributed by atoms with van der Waals surface area (Å²) in [6.07, 6.45) is -3.58. The summed E-state index contributed by atoms with van der Waals surface area (Å²) >= 11 is 0.539. The molecule has 1 fully saturated rings. The van der Waals surface area contributed by atoms with Gasteiger partial charge in [0.2, 0.25) is 0 Å². The number of anilines is 1. The molecule has 1 aromatic carbocycles. The molecule has 1 unspecified atom stereocenters. The van der Waals surface area contributed by atoms with Crippen LogP contribution in [0.5, 0.6) is 5.75 Å². The summed E-state index contributed by atoms with van der Waals surface area (Å²) in [5.41, 5.74) is 5.60. The van der Waals surface area contributed by atoms with Crippen LogP contribution in [0.1, 0.15) is 32.6 Å². The standard InChI is InChI=1S/C24H32N5O9PS/c1-14(23(32)35-12-24(2,3)33)28-40-39(34,38-15-7-5-4-6-8-15)36-11-18-19(30)20(31)21(37-18)16-9-10-17-22(25)26-13-27-29(16)17/h4-10,13-14,18-21,28,30-31,33H,11-12H2,1-3H3,(H2,25,26,27)/t14-,18+,19+,20+,21-,39?/m0/s1. The number of nitrogens with zero attached hydrogens (tertiary/aromatic N) is 3. The van der Waals surface area contributed by atoms with Crippen LogP contribution in [0.2, 0.25) is 0 Å². The van der Waals surface area contributed by atoms with E-state index in [0.29, 0.717) is 22.8 Å². The molecule has 0 aliphatic carbocycles. The van der Waals surface area contributed by atoms with Gasteiger partial charge in [-0.3, -0.25) is 9.32 Å². The van der Waals surface area contributed by atoms with Gasteiger partial charge in [0.05, 0.1) is 29.5 Å². The van der Waals surface area contributed by atoms with Gasteiger partial charge in [-0.25, -0.2) is 18.8 Å². The van der Waals surface area contributed by atoms with Crippen LogP contribution in [-0.2, 0) is 23.4 Å². The summed E-state index contributed by atoms with van der Waals surface area (Å²) in [5, 5.41) is 35.3. The average Bonchev–Trinajstić information content (AvgIpc) is 3.46. The zero-order valence-electron chi connectivity index (χ0n) is 22.0. The van der Waals surface area contributed by atoms with E-state index in [-0.39, 0.29) is 18.2 Å². The lowest BCUT2D eigenvalue weighted by molar-refractivity contribution is -0.151. The van der Waals surface area contributed by atoms with Gasteiger partial charge in [-0.2, -0.15) is 5.10 Å². The number of carbonyl (C=O) groups is 1. The van der Waals surface area contributed by atoms with Gasteiger partial charge in [-0.05, 0) is 45.0 Å². The number of fused-ring (bicyclic) bond motifs is 1. The molecule has 14 nitrogen and oxygen atoms in total. The number of rotatable bonds is 12. The van der Waals surface area contributed by atoms with Crippen LogP contribution in [0.4, 0.5) is 5.82 Å². The van der Waals surface area contributed by atoms with Crippen LogP contribution in [-0.4, -0.2) is 79.1 Å². The number of carbonyl (C=O) groups excluding carboxylic acids is 1. The molecule has 0 radical (unpaired) electrons. The molecule has 3 heterocycles. The van der Waals surface area contributed by atoms with Crippen LogP contribution >= 0.6 is 18.4 Å². The third-order valence-corrected chi connectivity index (χ3v) is 8.89. The van der Waals surface area contributed by atoms with Crippen molar-refractivity contribution in [2.75, 3.05) is 18.9 Å². The Bertz CT molecular complexity index is 1360. The quantitative estimate of drug-likeness (QED) is 0.115. The third-order valence-electron chi connectivity index (χ3n) is 5.78. The van der Waals surface area contributed by atoms with Crippen LogP contribution in [0.15, 0.2) is 48.8 Å². The number of aliphatic hydroxyl groups excluding tert-OH is 2. The smallest absolute Gasteiger partial charge is 0.455 e. The van der Waals surface area contributed by atoms with E-state index >= 15 is 0 Å². The second kappa shape index (κ2) is 12.4. The Balaban J connectivity index is 1.44. The number of para-hydroxylation sites is 1. The molecule has 16 heteroatoms. The molecule has 6 atom stereocenters. The SMILES string of the molecule is C[C@H](NSP(=O)(OC[C@H]1O[C@@H](c2ccc3c(N)ncnn23)[C@H](O)[C@@H]1O)Oc1ccccc1)C(=O)OCC(C)(C)O. The number of esters is 1. The van der Waals surface area contributed by atoms with E-state index in [0.717, 1.165) is 0 Å². The van der Waals surface area contributed by atoms with Gasteiger partial charge in [0.25, 0.3) is 0 Å². The van der Waals surface area contributed by atoms with E-state index < -0.39 is 55.4 Å². The van der Waals surface area contributed by atoms with Crippen molar-refractivity contribution in [1.29, 1.82) is 0 Å². The monoisotopic (exact) mass is 597 g/mol. The fourth-order valence-electron chi connectivity index (χ4n) is 3.73. The van der Waals surface area contributed by atoms with E-state index in [1.807, 2.05) is 0 Å². The molecule has 3 aromatic rings. The van der Waals surface area contributed by atoms with E-state index in [1.165, 1.54) is 31.6 Å². The molecule has 1 saturated heterocycles. The maximum Gasteiger partial charge on any atom is 0.455 e. The van der Waals surface area contributed by atoms with Crippen LogP contribution in [0.3, 0.4) is 0 Å². The molecular formula is C24H32N5O9PS. The third kappa shape index (κ3) is 7.30. The molecule has 218 valence electrons. The lowest BCUT2D eigenvalue weighted by Gasteiger charge is -2.23. The number of aliphatic hydroxyl groups is 3. The lowest BCUT2D eigenvalue weighted by atomic mass is 10.1. The minimum atomic E-state index is -4.08. The molecule has 2 aromatic heterocycles. The van der Waals surface area contributed by atoms with Crippen LogP contribution in [0, 0.1) is 0 Å². The van der Waals surface area contributed by atoms with Crippen molar-refractivity contribution in [1.82, 2.24) is 19.3 Å². The van der Waals surface area contributed by atoms with Crippen molar-refractivity contribution < 1.29 is 43.2 Å². The Labute approximate surface area is 234 Å². The number of benzene rings is 1. The van der Waals surface area contributed by atoms with Gasteiger partial charge >= 0.3 is 12.8 Å². The van der Waals surface area contributed by atoms with Gasteiger partial charge in [0.1, 0.15) is 54.7 Å². The maximum atomic E-state index is 13.7. The zero-order chi connectivity index (χ0) is 29.1. The number of nitrogens with two attached hydrogens (primary N) is 1. The number of nitrogen functional groups attached to an aromatic ring is 1. The zero-order valence-corrected chi connectivity index (χ0v) is 23.7. The predicted molar refractivity (Wildman–Crippen MR) is 145 cm³/mol. The van der Waals surface area contributed by atoms with Gasteiger partial charge in [0, 0.05) is 0 Å². The fourth-order valence-corrected chi connectivity index (χ4v) is 6.54. The van der Waals surface area contributed by atoms with Crippen molar-refractivity contribution >= 4 is 35.7 Å². The highest BCUT2D eigenvalue weighted by Crippen LogP contribution is 2.59. The highest BCUT2D eigenvalue weighted by atomic mass is 32.7. The summed E-state index contributed by atoms with van der Waals surface area (Å²) in [5.74, 6) is -0.221. The molecule has 0 spiro atoms. The largest absolute Gasteiger partial charge is 0.461 e. The van der Waals surface area contributed by atoms with Gasteiger partial charge in [0.15, 0.2) is 5.82 Å². The summed E-state index contributed by atoms with van der Waals surface area (Å²) in [4.78, 5) is 16.2. The summed E-state index contributed by atoms with van der Waals surface area (Å²) in [7, 11) is 0. The number of nitrogens with one attached hydrogen (secondary N) is 1. The van der Waals surface area contributed by atoms with Crippen molar-refractivity contribution in [3.05, 3.63) is 54.5 Å². The van der Waals surface area contributed by atoms with Crippen molar-refractivity contribution in [3.63, 3.8) is 0 Å². The Kier molecular flexibility index (Phi) is 9.37. The molecule has 1 aliphatic heterocycles. The molecule has 0 amide bonds. The van der Waals surface area contributed by atoms with E-state index in [9.17, 15) is 24.7 Å². The van der Waals surface area contributed by atoms with Gasteiger partial charge in [-0.1, -0.05) is 18.2 Å². The molecule has 4 rings (SSSR count). The predicted octanol–water partition coefficient (Wildman–Crippen LogP) is 1.62. The maximum absolute atomic E-state index is 13.7. The topological polar surface area (TPSA) is 200 Å². The van der Waals surface area contributed by atoms with E-state index in [1.54, 1.807) is 42.5 Å². The molecule has 0 bridgehead atoms. The normalized spacial score (nSPS) is 23.6. The Morgan fingerprint density at radius 1 is 1.25 bits per heavy atom. The van der Waals surface area contributed by atoms with E-state index in [4.69, 9.17) is 24.3 Å². The fraction of sp³-hybridized carbons (Fsp3) is 0.458. The molecule has 6 N–H and O–H groups in total. The van der Waals surface area contributed by atoms with Crippen LogP contribution in [0.25, 0.3) is 5.52 Å². The molecule has 40 heavy (non-hydrogen) atoms. The Hall–Kier alpha value is -2.75. The minimum absolute atomic E-state index is 0.229. The first-order valence-electron chi connectivity index (χ1n) is 12.3. The highest BCUT2D eigenvalue weighted by Gasteiger charge is 2.46. The second-order valence-corrected chi connectivity index (χ2v) is 13.4. The first-order valence-corrected chi connectivity index (χ1v) is 15.3. The highest BCUT2D eigenvalue weighted by molar-refractivity contribution is 8.54. The average molecular weight is 598 g/mol. The van der Waals surface area contributed by atoms with Crippen molar-refractivity contribution in [2.24, 2.45) is 0 Å². The van der Waals surface area contributed by atoms with Gasteiger partial charge < -0.3 is 35.1 Å². The first-order chi connectivity index (χ1) is 18.9. The Morgan fingerprint density at radius 3 is 2.67 bits per heavy atom. The van der Waals surface area contributed by atoms with E-state index in [2.05, 4.69) is 14.8 Å². The molecule has 0 saturated carbocycles. The molecular weight excluding hydrogens is 565 g/mol. The Morgan fingerprint density at radius 2 is 1.98 bits per heavy atom. The van der Waals surface area contributed by atoms with Crippen molar-refractivity contribution in [2.45, 2.75) is 56.8 Å². The van der Waals surface area contributed by atoms with Gasteiger partial charge in [-0.15, -0.1) is 0 Å². The van der Waals surface area contributed by atoms with Crippen molar-refractivity contribution in [3.8, 4) is 5.75 Å². The lowest BCUT2D eigenvalue weighted by Crippen LogP contribution is -2.36. The number of hydrogen-bond donors (Lipinski definition) is 5. The second-order valence-electron chi connectivity index (χ2n) is 9.78. The summed E-state index contributed by atoms with van der Waals surface area (Å²) in [6.45, 7) is -0.266.